The molecule has 1 heterocycles. The molecule has 0 atom stereocenters. The second-order valence-electron chi connectivity index (χ2n) is 7.60. The Labute approximate surface area is 207 Å². The lowest BCUT2D eigenvalue weighted by atomic mass is 10.1. The number of carbonyl (C=O) groups is 3. The molecule has 1 N–H and O–H groups in total. The third kappa shape index (κ3) is 6.30. The van der Waals surface area contributed by atoms with Gasteiger partial charge >= 0.3 is 0 Å². The topological polar surface area (TPSA) is 84.9 Å². The second-order valence-corrected chi connectivity index (χ2v) is 8.59. The number of nitrogens with zero attached hydrogens (tertiary/aromatic N) is 1. The second kappa shape index (κ2) is 11.4. The van der Waals surface area contributed by atoms with Crippen LogP contribution in [0.5, 0.6) is 11.5 Å². The molecule has 7 nitrogen and oxygen atoms in total. The number of carbonyl (C=O) groups excluding carboxylic acids is 3. The van der Waals surface area contributed by atoms with Crippen molar-refractivity contribution in [3.8, 4) is 11.5 Å². The van der Waals surface area contributed by atoms with Crippen molar-refractivity contribution in [2.45, 2.75) is 13.5 Å². The highest BCUT2D eigenvalue weighted by atomic mass is 32.2. The molecule has 0 unspecified atom stereocenters. The van der Waals surface area contributed by atoms with Gasteiger partial charge in [0.1, 0.15) is 13.2 Å². The van der Waals surface area contributed by atoms with Crippen molar-refractivity contribution in [3.05, 3.63) is 94.9 Å². The van der Waals surface area contributed by atoms with Crippen molar-refractivity contribution < 1.29 is 23.9 Å². The van der Waals surface area contributed by atoms with Crippen LogP contribution in [0.3, 0.4) is 0 Å². The monoisotopic (exact) mass is 488 g/mol. The standard InChI is InChI=1S/C27H24N2O5S/c1-2-33-23-15-20(13-14-22(23)34-18-19-9-5-3-6-10-19)16-24-26(31)29(27(32)35-24)17-25(30)28-21-11-7-4-8-12-21/h3-16H,2,17-18H2,1H3,(H,28,30)/b24-16+. The van der Waals surface area contributed by atoms with Gasteiger partial charge in [-0.2, -0.15) is 0 Å². The predicted molar refractivity (Wildman–Crippen MR) is 136 cm³/mol. The van der Waals surface area contributed by atoms with E-state index in [2.05, 4.69) is 5.32 Å². The van der Waals surface area contributed by atoms with E-state index in [0.29, 0.717) is 36.0 Å². The van der Waals surface area contributed by atoms with E-state index >= 15 is 0 Å². The van der Waals surface area contributed by atoms with Crippen LogP contribution in [0.1, 0.15) is 18.1 Å². The third-order valence-electron chi connectivity index (χ3n) is 5.04. The Balaban J connectivity index is 1.45. The number of para-hydroxylation sites is 1. The Hall–Kier alpha value is -4.04. The molecule has 1 fully saturated rings. The summed E-state index contributed by atoms with van der Waals surface area (Å²) in [6, 6.07) is 24.0. The third-order valence-corrected chi connectivity index (χ3v) is 5.94. The summed E-state index contributed by atoms with van der Waals surface area (Å²) >= 11 is 0.802. The lowest BCUT2D eigenvalue weighted by Gasteiger charge is -2.13. The Morgan fingerprint density at radius 1 is 0.943 bits per heavy atom. The summed E-state index contributed by atoms with van der Waals surface area (Å²) in [4.78, 5) is 38.7. The zero-order chi connectivity index (χ0) is 24.6. The van der Waals surface area contributed by atoms with Gasteiger partial charge in [0, 0.05) is 5.69 Å². The number of hydrogen-bond acceptors (Lipinski definition) is 6. The van der Waals surface area contributed by atoms with Gasteiger partial charge in [0.05, 0.1) is 11.5 Å². The van der Waals surface area contributed by atoms with E-state index in [1.165, 1.54) is 0 Å². The molecular weight excluding hydrogens is 464 g/mol. The predicted octanol–water partition coefficient (Wildman–Crippen LogP) is 5.34. The van der Waals surface area contributed by atoms with Crippen LogP contribution in [-0.4, -0.2) is 35.1 Å². The zero-order valence-corrected chi connectivity index (χ0v) is 19.9. The molecule has 0 radical (unpaired) electrons. The molecule has 0 aromatic heterocycles. The summed E-state index contributed by atoms with van der Waals surface area (Å²) in [5.74, 6) is 0.168. The van der Waals surface area contributed by atoms with Crippen LogP contribution in [0.15, 0.2) is 83.8 Å². The molecule has 3 aromatic carbocycles. The average molecular weight is 489 g/mol. The van der Waals surface area contributed by atoms with Crippen molar-refractivity contribution >= 4 is 40.6 Å². The van der Waals surface area contributed by atoms with E-state index in [-0.39, 0.29) is 11.4 Å². The summed E-state index contributed by atoms with van der Waals surface area (Å²) in [6.45, 7) is 2.36. The smallest absolute Gasteiger partial charge is 0.294 e. The highest BCUT2D eigenvalue weighted by molar-refractivity contribution is 8.18. The van der Waals surface area contributed by atoms with Crippen LogP contribution in [0.2, 0.25) is 0 Å². The molecule has 1 aliphatic heterocycles. The molecule has 1 saturated heterocycles. The molecule has 1 aliphatic rings. The van der Waals surface area contributed by atoms with Crippen molar-refractivity contribution in [1.82, 2.24) is 4.90 Å². The van der Waals surface area contributed by atoms with Crippen LogP contribution >= 0.6 is 11.8 Å². The van der Waals surface area contributed by atoms with Gasteiger partial charge in [-0.1, -0.05) is 54.6 Å². The molecule has 35 heavy (non-hydrogen) atoms. The average Bonchev–Trinajstić information content (AvgIpc) is 3.12. The van der Waals surface area contributed by atoms with E-state index in [0.717, 1.165) is 22.2 Å². The fourth-order valence-corrected chi connectivity index (χ4v) is 4.23. The van der Waals surface area contributed by atoms with E-state index < -0.39 is 17.1 Å². The number of ether oxygens (including phenoxy) is 2. The minimum absolute atomic E-state index is 0.239. The fraction of sp³-hybridized carbons (Fsp3) is 0.148. The molecule has 4 rings (SSSR count). The number of hydrogen-bond donors (Lipinski definition) is 1. The van der Waals surface area contributed by atoms with Crippen LogP contribution < -0.4 is 14.8 Å². The van der Waals surface area contributed by atoms with Gasteiger partial charge in [0.15, 0.2) is 11.5 Å². The Morgan fingerprint density at radius 3 is 2.37 bits per heavy atom. The Morgan fingerprint density at radius 2 is 1.66 bits per heavy atom. The van der Waals surface area contributed by atoms with Crippen molar-refractivity contribution in [3.63, 3.8) is 0 Å². The number of thioether (sulfide) groups is 1. The normalized spacial score (nSPS) is 14.3. The maximum Gasteiger partial charge on any atom is 0.294 e. The molecule has 0 saturated carbocycles. The van der Waals surface area contributed by atoms with E-state index in [4.69, 9.17) is 9.47 Å². The minimum Gasteiger partial charge on any atom is -0.490 e. The first-order chi connectivity index (χ1) is 17.0. The summed E-state index contributed by atoms with van der Waals surface area (Å²) in [5, 5.41) is 2.19. The molecule has 178 valence electrons. The Kier molecular flexibility index (Phi) is 7.84. The molecular formula is C27H24N2O5S. The van der Waals surface area contributed by atoms with Gasteiger partial charge in [0.25, 0.3) is 11.1 Å². The first kappa shape index (κ1) is 24.1. The van der Waals surface area contributed by atoms with Gasteiger partial charge in [0.2, 0.25) is 5.91 Å². The van der Waals surface area contributed by atoms with Crippen LogP contribution in [0.4, 0.5) is 10.5 Å². The lowest BCUT2D eigenvalue weighted by Crippen LogP contribution is -2.36. The Bertz CT molecular complexity index is 1240. The number of anilines is 1. The number of rotatable bonds is 9. The van der Waals surface area contributed by atoms with Crippen molar-refractivity contribution in [1.29, 1.82) is 0 Å². The summed E-state index contributed by atoms with van der Waals surface area (Å²) in [6.07, 6.45) is 1.61. The highest BCUT2D eigenvalue weighted by Gasteiger charge is 2.36. The zero-order valence-electron chi connectivity index (χ0n) is 19.1. The molecule has 0 aliphatic carbocycles. The molecule has 3 amide bonds. The van der Waals surface area contributed by atoms with E-state index in [1.54, 1.807) is 48.5 Å². The molecule has 0 bridgehead atoms. The van der Waals surface area contributed by atoms with Crippen LogP contribution in [0, 0.1) is 0 Å². The maximum atomic E-state index is 12.8. The largest absolute Gasteiger partial charge is 0.490 e. The molecule has 0 spiro atoms. The summed E-state index contributed by atoms with van der Waals surface area (Å²) in [7, 11) is 0. The van der Waals surface area contributed by atoms with Crippen LogP contribution in [-0.2, 0) is 16.2 Å². The van der Waals surface area contributed by atoms with Gasteiger partial charge in [-0.3, -0.25) is 19.3 Å². The summed E-state index contributed by atoms with van der Waals surface area (Å²) < 4.78 is 11.7. The van der Waals surface area contributed by atoms with Crippen molar-refractivity contribution in [2.75, 3.05) is 18.5 Å². The first-order valence-corrected chi connectivity index (χ1v) is 11.9. The van der Waals surface area contributed by atoms with Crippen LogP contribution in [0.25, 0.3) is 6.08 Å². The SMILES string of the molecule is CCOc1cc(/C=C2/SC(=O)N(CC(=O)Nc3ccccc3)C2=O)ccc1OCc1ccccc1. The summed E-state index contributed by atoms with van der Waals surface area (Å²) in [5.41, 5.74) is 2.31. The van der Waals surface area contributed by atoms with E-state index in [9.17, 15) is 14.4 Å². The van der Waals surface area contributed by atoms with Gasteiger partial charge in [-0.05, 0) is 60.2 Å². The fourth-order valence-electron chi connectivity index (χ4n) is 3.39. The number of imide groups is 1. The number of benzene rings is 3. The minimum atomic E-state index is -0.509. The van der Waals surface area contributed by atoms with Crippen molar-refractivity contribution in [2.24, 2.45) is 0 Å². The highest BCUT2D eigenvalue weighted by Crippen LogP contribution is 2.35. The van der Waals surface area contributed by atoms with Gasteiger partial charge < -0.3 is 14.8 Å². The lowest BCUT2D eigenvalue weighted by molar-refractivity contribution is -0.127. The van der Waals surface area contributed by atoms with Gasteiger partial charge in [-0.15, -0.1) is 0 Å². The molecule has 3 aromatic rings. The number of amides is 3. The van der Waals surface area contributed by atoms with E-state index in [1.807, 2.05) is 43.3 Å². The quantitative estimate of drug-likeness (QED) is 0.409. The molecule has 8 heteroatoms. The number of nitrogens with one attached hydrogen (secondary N) is 1. The maximum absolute atomic E-state index is 12.8. The first-order valence-electron chi connectivity index (χ1n) is 11.1. The van der Waals surface area contributed by atoms with Gasteiger partial charge in [-0.25, -0.2) is 0 Å².